The van der Waals surface area contributed by atoms with Crippen molar-refractivity contribution >= 4 is 22.6 Å². The van der Waals surface area contributed by atoms with Crippen LogP contribution in [0.2, 0.25) is 0 Å². The number of anilines is 1. The normalized spacial score (nSPS) is 17.9. The SMILES string of the molecule is Cc1c(CC(=O)O)c(=O)c2cc(N3CCOCC3)ccc2n1C1CC1. The van der Waals surface area contributed by atoms with Crippen molar-refractivity contribution in [2.75, 3.05) is 31.2 Å². The van der Waals surface area contributed by atoms with Gasteiger partial charge in [-0.3, -0.25) is 9.59 Å². The molecular formula is C19H22N2O4. The fraction of sp³-hybridized carbons (Fsp3) is 0.474. The molecule has 1 N–H and O–H groups in total. The molecule has 0 radical (unpaired) electrons. The summed E-state index contributed by atoms with van der Waals surface area (Å²) >= 11 is 0. The number of hydrogen-bond acceptors (Lipinski definition) is 4. The second-order valence-corrected chi connectivity index (χ2v) is 6.87. The summed E-state index contributed by atoms with van der Waals surface area (Å²) in [5, 5.41) is 9.84. The summed E-state index contributed by atoms with van der Waals surface area (Å²) in [5.74, 6) is -0.966. The quantitative estimate of drug-likeness (QED) is 0.921. The lowest BCUT2D eigenvalue weighted by molar-refractivity contribution is -0.136. The molecule has 2 aromatic rings. The van der Waals surface area contributed by atoms with Crippen LogP contribution < -0.4 is 10.3 Å². The highest BCUT2D eigenvalue weighted by molar-refractivity contribution is 5.85. The van der Waals surface area contributed by atoms with Crippen LogP contribution in [0.4, 0.5) is 5.69 Å². The predicted octanol–water partition coefficient (Wildman–Crippen LogP) is 2.11. The molecule has 1 saturated carbocycles. The first-order chi connectivity index (χ1) is 12.1. The Labute approximate surface area is 145 Å². The van der Waals surface area contributed by atoms with Crippen LogP contribution in [-0.4, -0.2) is 41.9 Å². The highest BCUT2D eigenvalue weighted by atomic mass is 16.5. The van der Waals surface area contributed by atoms with Gasteiger partial charge >= 0.3 is 5.97 Å². The first-order valence-electron chi connectivity index (χ1n) is 8.78. The molecule has 2 fully saturated rings. The summed E-state index contributed by atoms with van der Waals surface area (Å²) < 4.78 is 7.56. The first-order valence-corrected chi connectivity index (χ1v) is 8.78. The van der Waals surface area contributed by atoms with Crippen molar-refractivity contribution in [3.63, 3.8) is 0 Å². The van der Waals surface area contributed by atoms with E-state index in [0.29, 0.717) is 30.2 Å². The minimum atomic E-state index is -0.966. The van der Waals surface area contributed by atoms with Gasteiger partial charge in [0.1, 0.15) is 0 Å². The van der Waals surface area contributed by atoms with Crippen LogP contribution in [0, 0.1) is 6.92 Å². The maximum atomic E-state index is 13.0. The molecule has 132 valence electrons. The van der Waals surface area contributed by atoms with E-state index in [1.165, 1.54) is 0 Å². The molecule has 0 spiro atoms. The van der Waals surface area contributed by atoms with E-state index in [0.717, 1.165) is 42.8 Å². The highest BCUT2D eigenvalue weighted by Crippen LogP contribution is 2.39. The number of nitrogens with zero attached hydrogens (tertiary/aromatic N) is 2. The van der Waals surface area contributed by atoms with E-state index in [4.69, 9.17) is 4.74 Å². The zero-order chi connectivity index (χ0) is 17.6. The molecule has 1 aliphatic carbocycles. The highest BCUT2D eigenvalue weighted by Gasteiger charge is 2.28. The van der Waals surface area contributed by atoms with Gasteiger partial charge in [-0.15, -0.1) is 0 Å². The Morgan fingerprint density at radius 2 is 2.00 bits per heavy atom. The van der Waals surface area contributed by atoms with E-state index in [-0.39, 0.29) is 11.8 Å². The number of aromatic nitrogens is 1. The van der Waals surface area contributed by atoms with Crippen molar-refractivity contribution < 1.29 is 14.6 Å². The maximum absolute atomic E-state index is 13.0. The monoisotopic (exact) mass is 342 g/mol. The summed E-state index contributed by atoms with van der Waals surface area (Å²) in [4.78, 5) is 26.5. The molecule has 0 amide bonds. The third-order valence-electron chi connectivity index (χ3n) is 5.17. The predicted molar refractivity (Wildman–Crippen MR) is 95.6 cm³/mol. The van der Waals surface area contributed by atoms with E-state index >= 15 is 0 Å². The van der Waals surface area contributed by atoms with Gasteiger partial charge < -0.3 is 19.3 Å². The van der Waals surface area contributed by atoms with E-state index in [9.17, 15) is 14.7 Å². The molecule has 6 nitrogen and oxygen atoms in total. The summed E-state index contributed by atoms with van der Waals surface area (Å²) in [6, 6.07) is 6.37. The summed E-state index contributed by atoms with van der Waals surface area (Å²) in [7, 11) is 0. The Bertz CT molecular complexity index is 892. The molecule has 0 unspecified atom stereocenters. The molecule has 0 bridgehead atoms. The number of pyridine rings is 1. The van der Waals surface area contributed by atoms with Gasteiger partial charge in [0.2, 0.25) is 0 Å². The molecule has 1 aliphatic heterocycles. The van der Waals surface area contributed by atoms with Crippen LogP contribution in [-0.2, 0) is 16.0 Å². The fourth-order valence-electron chi connectivity index (χ4n) is 3.75. The molecule has 1 aromatic carbocycles. The standard InChI is InChI=1S/C19H22N2O4/c1-12-15(11-18(22)23)19(24)16-10-14(20-6-8-25-9-7-20)4-5-17(16)21(12)13-2-3-13/h4-5,10,13H,2-3,6-9,11H2,1H3,(H,22,23). The van der Waals surface area contributed by atoms with Crippen LogP contribution in [0.1, 0.15) is 30.1 Å². The molecule has 4 rings (SSSR count). The molecule has 2 aliphatic rings. The van der Waals surface area contributed by atoms with Gasteiger partial charge in [-0.05, 0) is 38.0 Å². The molecule has 6 heteroatoms. The number of carboxylic acid groups (broad SMARTS) is 1. The zero-order valence-electron chi connectivity index (χ0n) is 14.3. The number of fused-ring (bicyclic) bond motifs is 1. The average molecular weight is 342 g/mol. The van der Waals surface area contributed by atoms with Crippen LogP contribution in [0.3, 0.4) is 0 Å². The Balaban J connectivity index is 1.91. The van der Waals surface area contributed by atoms with Crippen LogP contribution in [0.25, 0.3) is 10.9 Å². The lowest BCUT2D eigenvalue weighted by atomic mass is 10.0. The molecular weight excluding hydrogens is 320 g/mol. The Morgan fingerprint density at radius 3 is 2.64 bits per heavy atom. The first kappa shape index (κ1) is 16.1. The number of carbonyl (C=O) groups is 1. The minimum absolute atomic E-state index is 0.151. The summed E-state index contributed by atoms with van der Waals surface area (Å²) in [5.41, 5.74) is 2.96. The maximum Gasteiger partial charge on any atom is 0.308 e. The Hall–Kier alpha value is -2.34. The van der Waals surface area contributed by atoms with Gasteiger partial charge in [-0.1, -0.05) is 0 Å². The van der Waals surface area contributed by atoms with Gasteiger partial charge in [-0.2, -0.15) is 0 Å². The molecule has 0 atom stereocenters. The van der Waals surface area contributed by atoms with E-state index in [2.05, 4.69) is 15.5 Å². The van der Waals surface area contributed by atoms with E-state index in [1.54, 1.807) is 0 Å². The Kier molecular flexibility index (Phi) is 4.00. The number of hydrogen-bond donors (Lipinski definition) is 1. The molecule has 1 saturated heterocycles. The number of rotatable bonds is 4. The van der Waals surface area contributed by atoms with Crippen molar-refractivity contribution in [3.05, 3.63) is 39.7 Å². The number of ether oxygens (including phenoxy) is 1. The lowest BCUT2D eigenvalue weighted by Gasteiger charge is -2.29. The molecule has 2 heterocycles. The lowest BCUT2D eigenvalue weighted by Crippen LogP contribution is -2.36. The largest absolute Gasteiger partial charge is 0.481 e. The molecule has 25 heavy (non-hydrogen) atoms. The smallest absolute Gasteiger partial charge is 0.308 e. The van der Waals surface area contributed by atoms with Crippen LogP contribution >= 0.6 is 0 Å². The van der Waals surface area contributed by atoms with Gasteiger partial charge in [0.15, 0.2) is 5.43 Å². The third-order valence-corrected chi connectivity index (χ3v) is 5.17. The van der Waals surface area contributed by atoms with Crippen molar-refractivity contribution in [1.29, 1.82) is 0 Å². The number of aliphatic carboxylic acids is 1. The summed E-state index contributed by atoms with van der Waals surface area (Å²) in [6.07, 6.45) is 1.93. The summed E-state index contributed by atoms with van der Waals surface area (Å²) in [6.45, 7) is 4.84. The van der Waals surface area contributed by atoms with Gasteiger partial charge in [0.05, 0.1) is 25.2 Å². The van der Waals surface area contributed by atoms with Gasteiger partial charge in [0.25, 0.3) is 0 Å². The van der Waals surface area contributed by atoms with Gasteiger partial charge in [-0.25, -0.2) is 0 Å². The third kappa shape index (κ3) is 2.91. The number of carboxylic acids is 1. The minimum Gasteiger partial charge on any atom is -0.481 e. The van der Waals surface area contributed by atoms with Crippen molar-refractivity contribution in [3.8, 4) is 0 Å². The average Bonchev–Trinajstić information content (AvgIpc) is 3.44. The van der Waals surface area contributed by atoms with Crippen LogP contribution in [0.5, 0.6) is 0 Å². The van der Waals surface area contributed by atoms with Crippen LogP contribution in [0.15, 0.2) is 23.0 Å². The van der Waals surface area contributed by atoms with Crippen molar-refractivity contribution in [2.24, 2.45) is 0 Å². The van der Waals surface area contributed by atoms with E-state index < -0.39 is 5.97 Å². The fourth-order valence-corrected chi connectivity index (χ4v) is 3.75. The second kappa shape index (κ2) is 6.19. The second-order valence-electron chi connectivity index (χ2n) is 6.87. The molecule has 1 aromatic heterocycles. The Morgan fingerprint density at radius 1 is 1.28 bits per heavy atom. The van der Waals surface area contributed by atoms with Crippen molar-refractivity contribution in [1.82, 2.24) is 4.57 Å². The van der Waals surface area contributed by atoms with E-state index in [1.807, 2.05) is 19.1 Å². The number of morpholine rings is 1. The topological polar surface area (TPSA) is 71.8 Å². The van der Waals surface area contributed by atoms with Crippen molar-refractivity contribution in [2.45, 2.75) is 32.2 Å². The number of benzene rings is 1. The zero-order valence-corrected chi connectivity index (χ0v) is 14.3. The van der Waals surface area contributed by atoms with Gasteiger partial charge in [0, 0.05) is 41.5 Å².